The third-order valence-corrected chi connectivity index (χ3v) is 4.82. The number of carbonyl (C=O) groups excluding carboxylic acids is 1. The van der Waals surface area contributed by atoms with Gasteiger partial charge in [0.25, 0.3) is 11.5 Å². The van der Waals surface area contributed by atoms with Crippen molar-refractivity contribution in [3.63, 3.8) is 0 Å². The predicted octanol–water partition coefficient (Wildman–Crippen LogP) is 1.78. The molecule has 0 N–H and O–H groups in total. The zero-order valence-corrected chi connectivity index (χ0v) is 14.9. The van der Waals surface area contributed by atoms with Crippen LogP contribution in [0.3, 0.4) is 0 Å². The van der Waals surface area contributed by atoms with Crippen LogP contribution in [0.2, 0.25) is 5.02 Å². The van der Waals surface area contributed by atoms with Gasteiger partial charge in [-0.15, -0.1) is 0 Å². The normalized spacial score (nSPS) is 15.8. The summed E-state index contributed by atoms with van der Waals surface area (Å²) in [5.41, 5.74) is 1.01. The van der Waals surface area contributed by atoms with Gasteiger partial charge in [-0.05, 0) is 30.2 Å². The highest BCUT2D eigenvalue weighted by atomic mass is 35.5. The fourth-order valence-corrected chi connectivity index (χ4v) is 3.21. The number of halogens is 1. The van der Waals surface area contributed by atoms with E-state index in [-0.39, 0.29) is 17.0 Å². The summed E-state index contributed by atoms with van der Waals surface area (Å²) in [6.45, 7) is 3.61. The Bertz CT molecular complexity index is 821. The van der Waals surface area contributed by atoms with Crippen LogP contribution in [0.5, 0.6) is 0 Å². The van der Waals surface area contributed by atoms with Crippen LogP contribution < -0.4 is 5.56 Å². The van der Waals surface area contributed by atoms with Gasteiger partial charge in [0.1, 0.15) is 5.56 Å². The van der Waals surface area contributed by atoms with Crippen LogP contribution in [0, 0.1) is 0 Å². The molecular weight excluding hydrogens is 340 g/mol. The lowest BCUT2D eigenvalue weighted by Gasteiger charge is -2.22. The van der Waals surface area contributed by atoms with Crippen LogP contribution in [-0.2, 0) is 13.6 Å². The summed E-state index contributed by atoms with van der Waals surface area (Å²) in [6, 6.07) is 5.25. The number of amides is 1. The molecule has 0 aromatic carbocycles. The van der Waals surface area contributed by atoms with Crippen molar-refractivity contribution in [2.75, 3.05) is 26.2 Å². The largest absolute Gasteiger partial charge is 0.337 e. The van der Waals surface area contributed by atoms with Crippen LogP contribution in [-0.4, -0.2) is 51.4 Å². The zero-order chi connectivity index (χ0) is 17.8. The highest BCUT2D eigenvalue weighted by molar-refractivity contribution is 6.31. The van der Waals surface area contributed by atoms with E-state index in [2.05, 4.69) is 9.88 Å². The number of pyridine rings is 2. The van der Waals surface area contributed by atoms with Gasteiger partial charge in [-0.1, -0.05) is 11.6 Å². The van der Waals surface area contributed by atoms with Crippen molar-refractivity contribution in [3.8, 4) is 0 Å². The van der Waals surface area contributed by atoms with Crippen molar-refractivity contribution in [2.24, 2.45) is 7.05 Å². The summed E-state index contributed by atoms with van der Waals surface area (Å²) < 4.78 is 1.43. The van der Waals surface area contributed by atoms with Crippen LogP contribution in [0.25, 0.3) is 0 Å². The van der Waals surface area contributed by atoms with Crippen LogP contribution >= 0.6 is 11.6 Å². The molecule has 0 spiro atoms. The third kappa shape index (κ3) is 4.08. The maximum atomic E-state index is 12.7. The zero-order valence-electron chi connectivity index (χ0n) is 14.2. The summed E-state index contributed by atoms with van der Waals surface area (Å²) in [5, 5.41) is 0.660. The summed E-state index contributed by atoms with van der Waals surface area (Å²) in [6.07, 6.45) is 5.90. The Morgan fingerprint density at radius 2 is 2.08 bits per heavy atom. The van der Waals surface area contributed by atoms with E-state index in [1.54, 1.807) is 42.7 Å². The molecule has 0 aliphatic carbocycles. The number of nitrogens with zero attached hydrogens (tertiary/aromatic N) is 4. The third-order valence-electron chi connectivity index (χ3n) is 4.48. The molecular formula is C18H21ClN4O2. The Labute approximate surface area is 151 Å². The average Bonchev–Trinajstić information content (AvgIpc) is 2.84. The average molecular weight is 361 g/mol. The van der Waals surface area contributed by atoms with E-state index < -0.39 is 0 Å². The molecule has 25 heavy (non-hydrogen) atoms. The molecule has 0 bridgehead atoms. The number of rotatable bonds is 3. The topological polar surface area (TPSA) is 58.4 Å². The Morgan fingerprint density at radius 1 is 1.24 bits per heavy atom. The van der Waals surface area contributed by atoms with Gasteiger partial charge < -0.3 is 9.47 Å². The maximum absolute atomic E-state index is 12.7. The van der Waals surface area contributed by atoms with Crippen LogP contribution in [0.4, 0.5) is 0 Å². The van der Waals surface area contributed by atoms with E-state index in [1.165, 1.54) is 4.57 Å². The van der Waals surface area contributed by atoms with Crippen LogP contribution in [0.1, 0.15) is 22.3 Å². The second kappa shape index (κ2) is 7.80. The Balaban J connectivity index is 1.67. The minimum Gasteiger partial charge on any atom is -0.337 e. The number of carbonyl (C=O) groups is 1. The molecule has 3 heterocycles. The van der Waals surface area contributed by atoms with E-state index in [0.717, 1.165) is 31.6 Å². The molecule has 7 heteroatoms. The summed E-state index contributed by atoms with van der Waals surface area (Å²) in [4.78, 5) is 32.9. The Kier molecular flexibility index (Phi) is 5.50. The van der Waals surface area contributed by atoms with Crippen molar-refractivity contribution in [3.05, 3.63) is 63.3 Å². The van der Waals surface area contributed by atoms with Gasteiger partial charge in [0.15, 0.2) is 0 Å². The van der Waals surface area contributed by atoms with Gasteiger partial charge in [0, 0.05) is 58.4 Å². The molecule has 6 nitrogen and oxygen atoms in total. The van der Waals surface area contributed by atoms with Crippen molar-refractivity contribution in [1.82, 2.24) is 19.4 Å². The summed E-state index contributed by atoms with van der Waals surface area (Å²) in [5.74, 6) is -0.190. The second-order valence-corrected chi connectivity index (χ2v) is 6.63. The van der Waals surface area contributed by atoms with Gasteiger partial charge in [0.05, 0.1) is 5.02 Å². The quantitative estimate of drug-likeness (QED) is 0.837. The molecule has 1 fully saturated rings. The first-order valence-corrected chi connectivity index (χ1v) is 8.69. The molecule has 1 aliphatic rings. The van der Waals surface area contributed by atoms with Gasteiger partial charge >= 0.3 is 0 Å². The molecule has 1 saturated heterocycles. The molecule has 3 rings (SSSR count). The number of aryl methyl sites for hydroxylation is 1. The fourth-order valence-electron chi connectivity index (χ4n) is 3.04. The summed E-state index contributed by atoms with van der Waals surface area (Å²) in [7, 11) is 1.65. The van der Waals surface area contributed by atoms with Gasteiger partial charge in [-0.25, -0.2) is 0 Å². The second-order valence-electron chi connectivity index (χ2n) is 6.23. The standard InChI is InChI=1S/C18H21ClN4O2/c1-21-7-2-4-15(17(21)24)18(25)23-9-3-8-22(10-11-23)13-14-5-6-20-12-16(14)19/h2,4-7,12H,3,8-11,13H2,1H3. The van der Waals surface area contributed by atoms with Crippen molar-refractivity contribution in [1.29, 1.82) is 0 Å². The molecule has 0 radical (unpaired) electrons. The SMILES string of the molecule is Cn1cccc(C(=O)N2CCCN(Cc3ccncc3Cl)CC2)c1=O. The van der Waals surface area contributed by atoms with E-state index in [9.17, 15) is 9.59 Å². The predicted molar refractivity (Wildman–Crippen MR) is 96.7 cm³/mol. The molecule has 2 aromatic rings. The van der Waals surface area contributed by atoms with Gasteiger partial charge in [-0.3, -0.25) is 19.5 Å². The first-order chi connectivity index (χ1) is 12.1. The Morgan fingerprint density at radius 3 is 2.88 bits per heavy atom. The van der Waals surface area contributed by atoms with Crippen molar-refractivity contribution < 1.29 is 4.79 Å². The van der Waals surface area contributed by atoms with E-state index >= 15 is 0 Å². The fraction of sp³-hybridized carbons (Fsp3) is 0.389. The Hall–Kier alpha value is -2.18. The number of hydrogen-bond donors (Lipinski definition) is 0. The van der Waals surface area contributed by atoms with E-state index in [0.29, 0.717) is 18.1 Å². The lowest BCUT2D eigenvalue weighted by molar-refractivity contribution is 0.0758. The van der Waals surface area contributed by atoms with Crippen molar-refractivity contribution in [2.45, 2.75) is 13.0 Å². The van der Waals surface area contributed by atoms with Gasteiger partial charge in [0.2, 0.25) is 0 Å². The lowest BCUT2D eigenvalue weighted by atomic mass is 10.2. The molecule has 0 unspecified atom stereocenters. The molecule has 1 amide bonds. The highest BCUT2D eigenvalue weighted by Crippen LogP contribution is 2.17. The number of aromatic nitrogens is 2. The first kappa shape index (κ1) is 17.6. The maximum Gasteiger partial charge on any atom is 0.263 e. The molecule has 0 atom stereocenters. The minimum atomic E-state index is -0.253. The monoisotopic (exact) mass is 360 g/mol. The smallest absolute Gasteiger partial charge is 0.263 e. The molecule has 0 saturated carbocycles. The van der Waals surface area contributed by atoms with Gasteiger partial charge in [-0.2, -0.15) is 0 Å². The van der Waals surface area contributed by atoms with Crippen LogP contribution in [0.15, 0.2) is 41.6 Å². The minimum absolute atomic E-state index is 0.190. The van der Waals surface area contributed by atoms with E-state index in [4.69, 9.17) is 11.6 Å². The summed E-state index contributed by atoms with van der Waals surface area (Å²) >= 11 is 6.18. The molecule has 2 aromatic heterocycles. The molecule has 1 aliphatic heterocycles. The van der Waals surface area contributed by atoms with Crippen molar-refractivity contribution >= 4 is 17.5 Å². The lowest BCUT2D eigenvalue weighted by Crippen LogP contribution is -2.38. The highest BCUT2D eigenvalue weighted by Gasteiger charge is 2.22. The number of hydrogen-bond acceptors (Lipinski definition) is 4. The molecule has 132 valence electrons. The first-order valence-electron chi connectivity index (χ1n) is 8.32. The van der Waals surface area contributed by atoms with E-state index in [1.807, 2.05) is 6.07 Å².